The normalized spacial score (nSPS) is 16.4. The maximum atomic E-state index is 13.0. The fourth-order valence-electron chi connectivity index (χ4n) is 4.39. The van der Waals surface area contributed by atoms with Gasteiger partial charge < -0.3 is 4.74 Å². The third-order valence-corrected chi connectivity index (χ3v) is 9.19. The zero-order chi connectivity index (χ0) is 26.6. The number of sulfone groups is 1. The number of amides is 1. The van der Waals surface area contributed by atoms with Crippen molar-refractivity contribution in [1.82, 2.24) is 19.9 Å². The van der Waals surface area contributed by atoms with E-state index in [1.165, 1.54) is 28.9 Å². The Kier molecular flexibility index (Phi) is 8.08. The first-order chi connectivity index (χ1) is 17.6. The van der Waals surface area contributed by atoms with Crippen molar-refractivity contribution in [2.24, 2.45) is 0 Å². The van der Waals surface area contributed by atoms with Gasteiger partial charge in [-0.15, -0.1) is 0 Å². The number of nitrogens with zero attached hydrogens (tertiary/aromatic N) is 3. The summed E-state index contributed by atoms with van der Waals surface area (Å²) in [5.74, 6) is -1.05. The molecule has 2 aromatic carbocycles. The number of benzene rings is 2. The van der Waals surface area contributed by atoms with Gasteiger partial charge in [0.05, 0.1) is 30.4 Å². The minimum Gasteiger partial charge on any atom is -0.379 e. The number of aryl methyl sites for hydroxylation is 1. The Morgan fingerprint density at radius 3 is 2.43 bits per heavy atom. The molecule has 11 heteroatoms. The molecular formula is C26H32N4O6S. The number of hydrogen-bond acceptors (Lipinski definition) is 8. The van der Waals surface area contributed by atoms with Crippen LogP contribution in [0.4, 0.5) is 0 Å². The summed E-state index contributed by atoms with van der Waals surface area (Å²) in [5, 5.41) is 9.38. The minimum absolute atomic E-state index is 0.0631. The molecule has 0 spiro atoms. The van der Waals surface area contributed by atoms with Crippen molar-refractivity contribution >= 4 is 26.6 Å². The van der Waals surface area contributed by atoms with Gasteiger partial charge in [-0.3, -0.25) is 24.3 Å². The van der Waals surface area contributed by atoms with Gasteiger partial charge in [0, 0.05) is 32.4 Å². The van der Waals surface area contributed by atoms with Crippen molar-refractivity contribution in [1.29, 1.82) is 0 Å². The first-order valence-corrected chi connectivity index (χ1v) is 14.0. The molecule has 37 heavy (non-hydrogen) atoms. The lowest BCUT2D eigenvalue weighted by molar-refractivity contribution is -0.131. The molecule has 1 aliphatic heterocycles. The Bertz CT molecular complexity index is 1430. The number of morpholine rings is 1. The molecule has 1 fully saturated rings. The number of aromatic nitrogens is 2. The van der Waals surface area contributed by atoms with Crippen LogP contribution >= 0.6 is 0 Å². The standard InChI is InChI=1S/C26H32N4O6S/c1-26(25(32)28-33,37(2,34)35)10-12-30-18-27-23-17-21(7-8-22(23)24(30)31)20-5-3-19(4-6-20)9-11-29-13-15-36-16-14-29/h3-8,17-18,33H,9-16H2,1-2H3,(H,28,32). The van der Waals surface area contributed by atoms with E-state index in [1.54, 1.807) is 6.07 Å². The van der Waals surface area contributed by atoms with Gasteiger partial charge in [-0.05, 0) is 48.6 Å². The highest BCUT2D eigenvalue weighted by Gasteiger charge is 2.43. The first-order valence-electron chi connectivity index (χ1n) is 12.1. The molecule has 0 radical (unpaired) electrons. The molecule has 1 aliphatic rings. The van der Waals surface area contributed by atoms with Crippen molar-refractivity contribution in [3.05, 3.63) is 64.7 Å². The van der Waals surface area contributed by atoms with E-state index in [-0.39, 0.29) is 18.5 Å². The predicted molar refractivity (Wildman–Crippen MR) is 140 cm³/mol. The number of nitrogens with one attached hydrogen (secondary N) is 1. The van der Waals surface area contributed by atoms with E-state index in [0.717, 1.165) is 56.7 Å². The number of hydrogen-bond donors (Lipinski definition) is 2. The number of rotatable bonds is 9. The van der Waals surface area contributed by atoms with Crippen LogP contribution in [0.2, 0.25) is 0 Å². The number of ether oxygens (including phenoxy) is 1. The van der Waals surface area contributed by atoms with Crippen molar-refractivity contribution < 1.29 is 23.2 Å². The van der Waals surface area contributed by atoms with Gasteiger partial charge in [-0.1, -0.05) is 30.3 Å². The molecule has 0 aliphatic carbocycles. The molecule has 10 nitrogen and oxygen atoms in total. The van der Waals surface area contributed by atoms with Crippen LogP contribution in [0.1, 0.15) is 18.9 Å². The third-order valence-electron chi connectivity index (χ3n) is 7.16. The fraction of sp³-hybridized carbons (Fsp3) is 0.423. The Morgan fingerprint density at radius 1 is 1.11 bits per heavy atom. The maximum absolute atomic E-state index is 13.0. The molecule has 1 unspecified atom stereocenters. The monoisotopic (exact) mass is 528 g/mol. The highest BCUT2D eigenvalue weighted by Crippen LogP contribution is 2.24. The topological polar surface area (TPSA) is 131 Å². The molecule has 2 heterocycles. The summed E-state index contributed by atoms with van der Waals surface area (Å²) in [4.78, 5) is 31.9. The highest BCUT2D eigenvalue weighted by atomic mass is 32.2. The summed E-state index contributed by atoms with van der Waals surface area (Å²) in [7, 11) is -3.87. The number of fused-ring (bicyclic) bond motifs is 1. The van der Waals surface area contributed by atoms with Crippen molar-refractivity contribution in [2.75, 3.05) is 39.1 Å². The summed E-state index contributed by atoms with van der Waals surface area (Å²) in [5.41, 5.74) is 4.80. The van der Waals surface area contributed by atoms with Gasteiger partial charge in [0.2, 0.25) is 0 Å². The lowest BCUT2D eigenvalue weighted by Gasteiger charge is -2.26. The lowest BCUT2D eigenvalue weighted by atomic mass is 10.0. The summed E-state index contributed by atoms with van der Waals surface area (Å²) >= 11 is 0. The largest absolute Gasteiger partial charge is 0.379 e. The zero-order valence-corrected chi connectivity index (χ0v) is 21.8. The Labute approximate surface area is 215 Å². The van der Waals surface area contributed by atoms with Gasteiger partial charge in [-0.25, -0.2) is 18.9 Å². The van der Waals surface area contributed by atoms with Gasteiger partial charge >= 0.3 is 0 Å². The van der Waals surface area contributed by atoms with E-state index >= 15 is 0 Å². The van der Waals surface area contributed by atoms with Gasteiger partial charge in [-0.2, -0.15) is 0 Å². The average Bonchev–Trinajstić information content (AvgIpc) is 2.91. The maximum Gasteiger partial charge on any atom is 0.264 e. The van der Waals surface area contributed by atoms with Crippen molar-refractivity contribution in [3.8, 4) is 11.1 Å². The van der Waals surface area contributed by atoms with Gasteiger partial charge in [0.1, 0.15) is 0 Å². The predicted octanol–water partition coefficient (Wildman–Crippen LogP) is 1.64. The molecule has 4 rings (SSSR count). The third kappa shape index (κ3) is 5.90. The minimum atomic E-state index is -3.87. The van der Waals surface area contributed by atoms with Crippen LogP contribution < -0.4 is 11.0 Å². The van der Waals surface area contributed by atoms with Crippen LogP contribution in [0.5, 0.6) is 0 Å². The SMILES string of the molecule is CC(CCn1cnc2cc(-c3ccc(CCN4CCOCC4)cc3)ccc2c1=O)(C(=O)NO)S(C)(=O)=O. The average molecular weight is 529 g/mol. The number of carbonyl (C=O) groups excluding carboxylic acids is 1. The molecule has 2 N–H and O–H groups in total. The van der Waals surface area contributed by atoms with E-state index in [9.17, 15) is 18.0 Å². The Balaban J connectivity index is 1.49. The molecular weight excluding hydrogens is 496 g/mol. The summed E-state index contributed by atoms with van der Waals surface area (Å²) in [6.45, 7) is 5.68. The van der Waals surface area contributed by atoms with Crippen LogP contribution in [0.25, 0.3) is 22.0 Å². The summed E-state index contributed by atoms with van der Waals surface area (Å²) in [6.07, 6.45) is 3.03. The summed E-state index contributed by atoms with van der Waals surface area (Å²) in [6, 6.07) is 13.8. The van der Waals surface area contributed by atoms with Crippen LogP contribution in [-0.4, -0.2) is 77.8 Å². The second kappa shape index (κ2) is 11.1. The van der Waals surface area contributed by atoms with Crippen molar-refractivity contribution in [2.45, 2.75) is 31.1 Å². The van der Waals surface area contributed by atoms with Gasteiger partial charge in [0.25, 0.3) is 11.5 Å². The fourth-order valence-corrected chi connectivity index (χ4v) is 5.24. The Hall–Kier alpha value is -3.12. The lowest BCUT2D eigenvalue weighted by Crippen LogP contribution is -2.50. The van der Waals surface area contributed by atoms with Crippen LogP contribution in [0.15, 0.2) is 53.6 Å². The molecule has 0 saturated carbocycles. The first kappa shape index (κ1) is 26.9. The molecule has 1 saturated heterocycles. The van der Waals surface area contributed by atoms with E-state index in [0.29, 0.717) is 10.9 Å². The second-order valence-electron chi connectivity index (χ2n) is 9.57. The second-order valence-corrected chi connectivity index (χ2v) is 12.0. The van der Waals surface area contributed by atoms with E-state index in [2.05, 4.69) is 34.1 Å². The number of hydroxylamine groups is 1. The van der Waals surface area contributed by atoms with E-state index < -0.39 is 20.5 Å². The van der Waals surface area contributed by atoms with Gasteiger partial charge in [0.15, 0.2) is 14.6 Å². The zero-order valence-electron chi connectivity index (χ0n) is 21.0. The quantitative estimate of drug-likeness (QED) is 0.317. The highest BCUT2D eigenvalue weighted by molar-refractivity contribution is 7.92. The Morgan fingerprint density at radius 2 is 1.78 bits per heavy atom. The van der Waals surface area contributed by atoms with Crippen LogP contribution in [0, 0.1) is 0 Å². The summed E-state index contributed by atoms with van der Waals surface area (Å²) < 4.78 is 29.2. The van der Waals surface area contributed by atoms with E-state index in [1.807, 2.05) is 12.1 Å². The van der Waals surface area contributed by atoms with Crippen LogP contribution in [0.3, 0.4) is 0 Å². The van der Waals surface area contributed by atoms with E-state index in [4.69, 9.17) is 9.94 Å². The molecule has 0 bridgehead atoms. The molecule has 1 aromatic heterocycles. The molecule has 1 atom stereocenters. The molecule has 3 aromatic rings. The molecule has 1 amide bonds. The van der Waals surface area contributed by atoms with Crippen molar-refractivity contribution in [3.63, 3.8) is 0 Å². The molecule has 198 valence electrons. The van der Waals surface area contributed by atoms with Crippen LogP contribution in [-0.2, 0) is 32.3 Å². The smallest absolute Gasteiger partial charge is 0.264 e. The number of carbonyl (C=O) groups is 1.